The van der Waals surface area contributed by atoms with Gasteiger partial charge in [0.15, 0.2) is 0 Å². The Balaban J connectivity index is 2.66. The van der Waals surface area contributed by atoms with Gasteiger partial charge in [-0.15, -0.1) is 0 Å². The number of nitrogens with one attached hydrogen (secondary N) is 1. The summed E-state index contributed by atoms with van der Waals surface area (Å²) in [5.74, 6) is 0. The third-order valence-electron chi connectivity index (χ3n) is 2.70. The van der Waals surface area contributed by atoms with Crippen molar-refractivity contribution in [3.05, 3.63) is 24.0 Å². The molecule has 1 rings (SSSR count). The minimum Gasteiger partial charge on any atom is -0.398 e. The van der Waals surface area contributed by atoms with Crippen LogP contribution >= 0.6 is 0 Å². The summed E-state index contributed by atoms with van der Waals surface area (Å²) in [5.41, 5.74) is 6.22. The number of nitrogen functional groups attached to an aromatic ring is 1. The monoisotopic (exact) mass is 237 g/mol. The summed E-state index contributed by atoms with van der Waals surface area (Å²) >= 11 is 0. The molecule has 4 heteroatoms. The Labute approximate surface area is 103 Å². The first-order valence-electron chi connectivity index (χ1n) is 5.90. The van der Waals surface area contributed by atoms with Crippen LogP contribution in [0.3, 0.4) is 0 Å². The lowest BCUT2D eigenvalue weighted by molar-refractivity contribution is 0.0468. The number of hydrogen-bond donors (Lipinski definition) is 3. The van der Waals surface area contributed by atoms with Crippen molar-refractivity contribution in [1.82, 2.24) is 10.3 Å². The molecule has 0 aliphatic heterocycles. The Kier molecular flexibility index (Phi) is 4.11. The van der Waals surface area contributed by atoms with Gasteiger partial charge >= 0.3 is 0 Å². The number of nitrogens with zero attached hydrogens (tertiary/aromatic N) is 1. The molecule has 0 amide bonds. The number of hydrogen-bond acceptors (Lipinski definition) is 4. The van der Waals surface area contributed by atoms with Crippen molar-refractivity contribution >= 4 is 5.69 Å². The summed E-state index contributed by atoms with van der Waals surface area (Å²) < 4.78 is 0. The van der Waals surface area contributed by atoms with Crippen molar-refractivity contribution in [1.29, 1.82) is 0 Å². The fourth-order valence-electron chi connectivity index (χ4n) is 1.67. The average molecular weight is 237 g/mol. The van der Waals surface area contributed by atoms with E-state index in [1.807, 2.05) is 0 Å². The smallest absolute Gasteiger partial charge is 0.0915 e. The Hall–Kier alpha value is -1.13. The summed E-state index contributed by atoms with van der Waals surface area (Å²) in [4.78, 5) is 4.01. The maximum Gasteiger partial charge on any atom is 0.0915 e. The van der Waals surface area contributed by atoms with Crippen LogP contribution in [0.5, 0.6) is 0 Å². The molecule has 17 heavy (non-hydrogen) atoms. The second kappa shape index (κ2) is 5.02. The van der Waals surface area contributed by atoms with Gasteiger partial charge in [0.1, 0.15) is 0 Å². The Morgan fingerprint density at radius 2 is 2.00 bits per heavy atom. The van der Waals surface area contributed by atoms with E-state index in [0.29, 0.717) is 17.7 Å². The molecule has 0 bridgehead atoms. The molecule has 0 aromatic carbocycles. The van der Waals surface area contributed by atoms with E-state index < -0.39 is 5.60 Å². The lowest BCUT2D eigenvalue weighted by Crippen LogP contribution is -2.39. The highest BCUT2D eigenvalue weighted by Crippen LogP contribution is 2.27. The summed E-state index contributed by atoms with van der Waals surface area (Å²) in [6.07, 6.45) is 3.86. The molecule has 0 aliphatic rings. The van der Waals surface area contributed by atoms with E-state index in [4.69, 9.17) is 5.73 Å². The molecule has 4 nitrogen and oxygen atoms in total. The second-order valence-corrected chi connectivity index (χ2v) is 5.66. The molecule has 0 saturated heterocycles. The van der Waals surface area contributed by atoms with Crippen molar-refractivity contribution in [2.24, 2.45) is 0 Å². The topological polar surface area (TPSA) is 71.2 Å². The number of anilines is 1. The largest absolute Gasteiger partial charge is 0.398 e. The number of nitrogens with two attached hydrogens (primary N) is 1. The van der Waals surface area contributed by atoms with Crippen molar-refractivity contribution in [3.8, 4) is 0 Å². The van der Waals surface area contributed by atoms with E-state index in [9.17, 15) is 5.11 Å². The molecule has 1 unspecified atom stereocenters. The first kappa shape index (κ1) is 13.9. The van der Waals surface area contributed by atoms with E-state index in [-0.39, 0.29) is 5.54 Å². The zero-order valence-electron chi connectivity index (χ0n) is 11.1. The SMILES string of the molecule is CC(C)(C)NCCC(C)(O)c1cnccc1N. The van der Waals surface area contributed by atoms with Crippen LogP contribution in [0.25, 0.3) is 0 Å². The van der Waals surface area contributed by atoms with Gasteiger partial charge in [-0.1, -0.05) is 0 Å². The molecule has 0 radical (unpaired) electrons. The molecule has 0 spiro atoms. The Morgan fingerprint density at radius 3 is 2.53 bits per heavy atom. The third-order valence-corrected chi connectivity index (χ3v) is 2.70. The summed E-state index contributed by atoms with van der Waals surface area (Å²) in [5, 5.41) is 13.7. The van der Waals surface area contributed by atoms with Gasteiger partial charge in [-0.2, -0.15) is 0 Å². The first-order chi connectivity index (χ1) is 7.72. The van der Waals surface area contributed by atoms with Crippen LogP contribution in [-0.4, -0.2) is 22.2 Å². The van der Waals surface area contributed by atoms with Gasteiger partial charge in [0, 0.05) is 29.2 Å². The third kappa shape index (κ3) is 4.32. The lowest BCUT2D eigenvalue weighted by Gasteiger charge is -2.27. The second-order valence-electron chi connectivity index (χ2n) is 5.66. The van der Waals surface area contributed by atoms with E-state index in [2.05, 4.69) is 31.1 Å². The van der Waals surface area contributed by atoms with Crippen LogP contribution in [0.2, 0.25) is 0 Å². The molecular weight excluding hydrogens is 214 g/mol. The normalized spacial score (nSPS) is 15.6. The van der Waals surface area contributed by atoms with Crippen LogP contribution in [-0.2, 0) is 5.60 Å². The minimum absolute atomic E-state index is 0.0521. The number of aromatic nitrogens is 1. The quantitative estimate of drug-likeness (QED) is 0.744. The van der Waals surface area contributed by atoms with Crippen molar-refractivity contribution in [2.75, 3.05) is 12.3 Å². The summed E-state index contributed by atoms with van der Waals surface area (Å²) in [6, 6.07) is 1.71. The van der Waals surface area contributed by atoms with E-state index in [1.165, 1.54) is 0 Å². The summed E-state index contributed by atoms with van der Waals surface area (Å²) in [6.45, 7) is 8.79. The lowest BCUT2D eigenvalue weighted by atomic mass is 9.92. The van der Waals surface area contributed by atoms with Crippen molar-refractivity contribution < 1.29 is 5.11 Å². The standard InChI is InChI=1S/C13H23N3O/c1-12(2,3)16-8-6-13(4,17)10-9-15-7-5-11(10)14/h5,7,9,16-17H,6,8H2,1-4H3,(H2,14,15). The predicted octanol–water partition coefficient (Wildman–Crippen LogP) is 1.65. The molecule has 1 atom stereocenters. The van der Waals surface area contributed by atoms with Gasteiger partial charge in [0.05, 0.1) is 5.60 Å². The van der Waals surface area contributed by atoms with Gasteiger partial charge in [-0.3, -0.25) is 4.98 Å². The average Bonchev–Trinajstić information content (AvgIpc) is 2.15. The van der Waals surface area contributed by atoms with Crippen LogP contribution in [0.4, 0.5) is 5.69 Å². The van der Waals surface area contributed by atoms with Gasteiger partial charge in [0.2, 0.25) is 0 Å². The zero-order chi connectivity index (χ0) is 13.1. The highest BCUT2D eigenvalue weighted by Gasteiger charge is 2.25. The van der Waals surface area contributed by atoms with Crippen LogP contribution in [0, 0.1) is 0 Å². The predicted molar refractivity (Wildman–Crippen MR) is 70.6 cm³/mol. The van der Waals surface area contributed by atoms with Gasteiger partial charge in [-0.05, 0) is 46.7 Å². The van der Waals surface area contributed by atoms with E-state index >= 15 is 0 Å². The molecule has 96 valence electrons. The molecule has 1 heterocycles. The molecular formula is C13H23N3O. The Bertz CT molecular complexity index is 369. The van der Waals surface area contributed by atoms with Gasteiger partial charge < -0.3 is 16.2 Å². The number of aliphatic hydroxyl groups is 1. The van der Waals surface area contributed by atoms with Gasteiger partial charge in [0.25, 0.3) is 0 Å². The van der Waals surface area contributed by atoms with E-state index in [1.54, 1.807) is 25.4 Å². The summed E-state index contributed by atoms with van der Waals surface area (Å²) in [7, 11) is 0. The molecule has 0 aliphatic carbocycles. The van der Waals surface area contributed by atoms with Crippen molar-refractivity contribution in [2.45, 2.75) is 45.3 Å². The Morgan fingerprint density at radius 1 is 1.35 bits per heavy atom. The van der Waals surface area contributed by atoms with Gasteiger partial charge in [-0.25, -0.2) is 0 Å². The first-order valence-corrected chi connectivity index (χ1v) is 5.90. The fraction of sp³-hybridized carbons (Fsp3) is 0.615. The highest BCUT2D eigenvalue weighted by molar-refractivity contribution is 5.47. The van der Waals surface area contributed by atoms with Crippen LogP contribution < -0.4 is 11.1 Å². The maximum atomic E-state index is 10.4. The molecule has 0 saturated carbocycles. The highest BCUT2D eigenvalue weighted by atomic mass is 16.3. The molecule has 4 N–H and O–H groups in total. The van der Waals surface area contributed by atoms with Crippen LogP contribution in [0.15, 0.2) is 18.5 Å². The maximum absolute atomic E-state index is 10.4. The van der Waals surface area contributed by atoms with Crippen LogP contribution in [0.1, 0.15) is 39.7 Å². The van der Waals surface area contributed by atoms with E-state index in [0.717, 1.165) is 6.54 Å². The molecule has 1 aromatic rings. The minimum atomic E-state index is -0.948. The zero-order valence-corrected chi connectivity index (χ0v) is 11.1. The number of rotatable bonds is 4. The number of pyridine rings is 1. The molecule has 1 aromatic heterocycles. The fourth-order valence-corrected chi connectivity index (χ4v) is 1.67. The molecule has 0 fully saturated rings. The van der Waals surface area contributed by atoms with Crippen molar-refractivity contribution in [3.63, 3.8) is 0 Å².